The number of hydrogen-bond acceptors (Lipinski definition) is 3. The van der Waals surface area contributed by atoms with Crippen LogP contribution in [0.2, 0.25) is 0 Å². The summed E-state index contributed by atoms with van der Waals surface area (Å²) in [6.07, 6.45) is 0. The van der Waals surface area contributed by atoms with Crippen LogP contribution in [-0.2, 0) is 0 Å². The average molecular weight is 344 g/mol. The number of carbonyl (C=O) groups excluding carboxylic acids is 1. The second kappa shape index (κ2) is 8.31. The van der Waals surface area contributed by atoms with E-state index < -0.39 is 5.82 Å². The Balaban J connectivity index is 1.44. The van der Waals surface area contributed by atoms with Crippen molar-refractivity contribution in [3.8, 4) is 0 Å². The zero-order chi connectivity index (χ0) is 16.8. The van der Waals surface area contributed by atoms with Gasteiger partial charge < -0.3 is 4.90 Å². The molecule has 0 aliphatic carbocycles. The van der Waals surface area contributed by atoms with E-state index in [1.165, 1.54) is 11.0 Å². The van der Waals surface area contributed by atoms with Crippen LogP contribution in [0.1, 0.15) is 10.4 Å². The molecule has 0 radical (unpaired) electrons. The lowest BCUT2D eigenvalue weighted by Gasteiger charge is -2.34. The number of amides is 1. The highest BCUT2D eigenvalue weighted by Gasteiger charge is 2.23. The smallest absolute Gasteiger partial charge is 0.256 e. The predicted molar refractivity (Wildman–Crippen MR) is 95.9 cm³/mol. The Morgan fingerprint density at radius 3 is 2.33 bits per heavy atom. The molecule has 5 heteroatoms. The molecule has 1 heterocycles. The van der Waals surface area contributed by atoms with E-state index in [4.69, 9.17) is 0 Å². The van der Waals surface area contributed by atoms with E-state index >= 15 is 0 Å². The van der Waals surface area contributed by atoms with Crippen LogP contribution in [0.3, 0.4) is 0 Å². The van der Waals surface area contributed by atoms with E-state index in [1.807, 2.05) is 17.8 Å². The van der Waals surface area contributed by atoms with Gasteiger partial charge in [0.2, 0.25) is 0 Å². The van der Waals surface area contributed by atoms with Crippen LogP contribution >= 0.6 is 11.8 Å². The third-order valence-corrected chi connectivity index (χ3v) is 5.18. The van der Waals surface area contributed by atoms with Gasteiger partial charge in [-0.05, 0) is 24.3 Å². The van der Waals surface area contributed by atoms with Crippen molar-refractivity contribution in [3.63, 3.8) is 0 Å². The van der Waals surface area contributed by atoms with Crippen LogP contribution in [-0.4, -0.2) is 54.2 Å². The first-order chi connectivity index (χ1) is 11.7. The van der Waals surface area contributed by atoms with Gasteiger partial charge in [0.1, 0.15) is 5.82 Å². The molecular formula is C19H21FN2OS. The number of piperazine rings is 1. The molecule has 126 valence electrons. The third kappa shape index (κ3) is 4.36. The molecular weight excluding hydrogens is 323 g/mol. The number of thioether (sulfide) groups is 1. The van der Waals surface area contributed by atoms with E-state index in [1.54, 1.807) is 23.1 Å². The van der Waals surface area contributed by atoms with Crippen molar-refractivity contribution in [2.45, 2.75) is 4.90 Å². The van der Waals surface area contributed by atoms with Crippen LogP contribution in [0.15, 0.2) is 59.5 Å². The van der Waals surface area contributed by atoms with E-state index in [2.05, 4.69) is 29.2 Å². The first-order valence-corrected chi connectivity index (χ1v) is 9.16. The normalized spacial score (nSPS) is 15.5. The Hall–Kier alpha value is -1.85. The fourth-order valence-electron chi connectivity index (χ4n) is 2.79. The van der Waals surface area contributed by atoms with Crippen molar-refractivity contribution in [2.75, 3.05) is 38.5 Å². The summed E-state index contributed by atoms with van der Waals surface area (Å²) in [6.45, 7) is 4.00. The second-order valence-corrected chi connectivity index (χ2v) is 6.94. The summed E-state index contributed by atoms with van der Waals surface area (Å²) in [5.74, 6) is 0.390. The molecule has 0 atom stereocenters. The molecule has 0 unspecified atom stereocenters. The molecule has 3 nitrogen and oxygen atoms in total. The molecule has 0 N–H and O–H groups in total. The monoisotopic (exact) mass is 344 g/mol. The Kier molecular flexibility index (Phi) is 5.88. The Bertz CT molecular complexity index is 672. The van der Waals surface area contributed by atoms with Gasteiger partial charge in [-0.25, -0.2) is 4.39 Å². The summed E-state index contributed by atoms with van der Waals surface area (Å²) < 4.78 is 13.7. The van der Waals surface area contributed by atoms with Gasteiger partial charge in [-0.3, -0.25) is 9.69 Å². The minimum atomic E-state index is -0.441. The minimum Gasteiger partial charge on any atom is -0.336 e. The average Bonchev–Trinajstić information content (AvgIpc) is 2.63. The van der Waals surface area contributed by atoms with Gasteiger partial charge in [-0.15, -0.1) is 11.8 Å². The lowest BCUT2D eigenvalue weighted by atomic mass is 10.1. The number of hydrogen-bond donors (Lipinski definition) is 0. The van der Waals surface area contributed by atoms with Gasteiger partial charge in [0.05, 0.1) is 5.56 Å². The van der Waals surface area contributed by atoms with E-state index in [-0.39, 0.29) is 11.5 Å². The number of halogens is 1. The quantitative estimate of drug-likeness (QED) is 0.777. The molecule has 0 spiro atoms. The minimum absolute atomic E-state index is 0.172. The van der Waals surface area contributed by atoms with Crippen molar-refractivity contribution in [1.29, 1.82) is 0 Å². The zero-order valence-electron chi connectivity index (χ0n) is 13.5. The molecule has 1 fully saturated rings. The largest absolute Gasteiger partial charge is 0.336 e. The van der Waals surface area contributed by atoms with Crippen molar-refractivity contribution in [3.05, 3.63) is 66.0 Å². The lowest BCUT2D eigenvalue weighted by molar-refractivity contribution is 0.0640. The fourth-order valence-corrected chi connectivity index (χ4v) is 3.72. The zero-order valence-corrected chi connectivity index (χ0v) is 14.3. The highest BCUT2D eigenvalue weighted by atomic mass is 32.2. The first-order valence-electron chi connectivity index (χ1n) is 8.18. The molecule has 1 saturated heterocycles. The molecule has 1 aliphatic rings. The van der Waals surface area contributed by atoms with Gasteiger partial charge in [-0.2, -0.15) is 0 Å². The maximum absolute atomic E-state index is 13.7. The maximum Gasteiger partial charge on any atom is 0.256 e. The Morgan fingerprint density at radius 2 is 1.62 bits per heavy atom. The Labute approximate surface area is 146 Å². The predicted octanol–water partition coefficient (Wildman–Crippen LogP) is 3.38. The molecule has 0 aromatic heterocycles. The van der Waals surface area contributed by atoms with Gasteiger partial charge in [0, 0.05) is 43.4 Å². The highest BCUT2D eigenvalue weighted by molar-refractivity contribution is 7.99. The van der Waals surface area contributed by atoms with Crippen LogP contribution in [0.5, 0.6) is 0 Å². The summed E-state index contributed by atoms with van der Waals surface area (Å²) in [4.78, 5) is 17.8. The van der Waals surface area contributed by atoms with Crippen molar-refractivity contribution >= 4 is 17.7 Å². The first kappa shape index (κ1) is 17.0. The topological polar surface area (TPSA) is 23.6 Å². The summed E-state index contributed by atoms with van der Waals surface area (Å²) >= 11 is 1.85. The third-order valence-electron chi connectivity index (χ3n) is 4.18. The van der Waals surface area contributed by atoms with Crippen LogP contribution in [0, 0.1) is 5.82 Å². The van der Waals surface area contributed by atoms with Gasteiger partial charge in [0.15, 0.2) is 0 Å². The summed E-state index contributed by atoms with van der Waals surface area (Å²) in [5, 5.41) is 0. The molecule has 0 saturated carbocycles. The fraction of sp³-hybridized carbons (Fsp3) is 0.316. The van der Waals surface area contributed by atoms with Crippen molar-refractivity contribution < 1.29 is 9.18 Å². The van der Waals surface area contributed by atoms with Crippen LogP contribution in [0.4, 0.5) is 4.39 Å². The number of rotatable bonds is 5. The number of nitrogens with zero attached hydrogens (tertiary/aromatic N) is 2. The van der Waals surface area contributed by atoms with Gasteiger partial charge in [0.25, 0.3) is 5.91 Å². The lowest BCUT2D eigenvalue weighted by Crippen LogP contribution is -2.49. The van der Waals surface area contributed by atoms with E-state index in [0.717, 1.165) is 25.4 Å². The molecule has 3 rings (SSSR count). The summed E-state index contributed by atoms with van der Waals surface area (Å²) in [5.41, 5.74) is 0.172. The summed E-state index contributed by atoms with van der Waals surface area (Å²) in [7, 11) is 0. The molecule has 2 aromatic rings. The van der Waals surface area contributed by atoms with Crippen LogP contribution < -0.4 is 0 Å². The highest BCUT2D eigenvalue weighted by Crippen LogP contribution is 2.17. The molecule has 24 heavy (non-hydrogen) atoms. The molecule has 1 amide bonds. The van der Waals surface area contributed by atoms with Gasteiger partial charge >= 0.3 is 0 Å². The van der Waals surface area contributed by atoms with E-state index in [0.29, 0.717) is 13.1 Å². The standard InChI is InChI=1S/C19H21FN2OS/c20-18-9-5-4-8-17(18)19(23)22-12-10-21(11-13-22)14-15-24-16-6-2-1-3-7-16/h1-9H,10-15H2. The van der Waals surface area contributed by atoms with Gasteiger partial charge in [-0.1, -0.05) is 30.3 Å². The molecule has 2 aromatic carbocycles. The van der Waals surface area contributed by atoms with Crippen molar-refractivity contribution in [2.24, 2.45) is 0 Å². The second-order valence-electron chi connectivity index (χ2n) is 5.78. The Morgan fingerprint density at radius 1 is 0.958 bits per heavy atom. The number of benzene rings is 2. The van der Waals surface area contributed by atoms with E-state index in [9.17, 15) is 9.18 Å². The molecule has 1 aliphatic heterocycles. The summed E-state index contributed by atoms with van der Waals surface area (Å²) in [6, 6.07) is 16.6. The maximum atomic E-state index is 13.7. The number of carbonyl (C=O) groups is 1. The van der Waals surface area contributed by atoms with Crippen LogP contribution in [0.25, 0.3) is 0 Å². The SMILES string of the molecule is O=C(c1ccccc1F)N1CCN(CCSc2ccccc2)CC1. The molecule has 0 bridgehead atoms. The van der Waals surface area contributed by atoms with Crippen molar-refractivity contribution in [1.82, 2.24) is 9.80 Å².